The molecule has 6 nitrogen and oxygen atoms in total. The predicted octanol–water partition coefficient (Wildman–Crippen LogP) is 1.96. The molecule has 0 radical (unpaired) electrons. The topological polar surface area (TPSA) is 97.5 Å². The van der Waals surface area contributed by atoms with Gasteiger partial charge in [-0.15, -0.1) is 0 Å². The maximum absolute atomic E-state index is 12.3. The number of carboxylic acid groups (broad SMARTS) is 1. The van der Waals surface area contributed by atoms with Gasteiger partial charge in [-0.05, 0) is 31.0 Å². The Hall–Kier alpha value is -2.15. The van der Waals surface area contributed by atoms with Crippen LogP contribution in [0.15, 0.2) is 33.8 Å². The summed E-state index contributed by atoms with van der Waals surface area (Å²) >= 11 is 0. The van der Waals surface area contributed by atoms with Crippen LogP contribution in [0.2, 0.25) is 0 Å². The van der Waals surface area contributed by atoms with E-state index in [0.717, 1.165) is 0 Å². The zero-order valence-electron chi connectivity index (χ0n) is 11.0. The third-order valence-corrected chi connectivity index (χ3v) is 4.69. The summed E-state index contributed by atoms with van der Waals surface area (Å²) < 4.78 is 29.4. The van der Waals surface area contributed by atoms with Gasteiger partial charge < -0.3 is 9.63 Å². The molecule has 0 aliphatic rings. The van der Waals surface area contributed by atoms with Gasteiger partial charge in [0.15, 0.2) is 15.6 Å². The number of sulfone groups is 1. The lowest BCUT2D eigenvalue weighted by Gasteiger charge is -2.10. The summed E-state index contributed by atoms with van der Waals surface area (Å²) in [4.78, 5) is 11.1. The number of aromatic nitrogens is 1. The maximum Gasteiger partial charge on any atom is 0.335 e. The molecule has 0 amide bonds. The van der Waals surface area contributed by atoms with Gasteiger partial charge in [-0.2, -0.15) is 0 Å². The molecule has 0 spiro atoms. The average Bonchev–Trinajstić information content (AvgIpc) is 2.79. The van der Waals surface area contributed by atoms with Crippen LogP contribution in [0.4, 0.5) is 0 Å². The molecule has 0 saturated carbocycles. The fourth-order valence-corrected chi connectivity index (χ4v) is 3.51. The molecule has 7 heteroatoms. The Morgan fingerprint density at radius 3 is 2.55 bits per heavy atom. The van der Waals surface area contributed by atoms with Crippen molar-refractivity contribution >= 4 is 15.8 Å². The van der Waals surface area contributed by atoms with Crippen LogP contribution in [-0.2, 0) is 15.6 Å². The van der Waals surface area contributed by atoms with E-state index in [-0.39, 0.29) is 22.0 Å². The standard InChI is InChI=1S/C13H13NO5S/c1-8-5-9(2)12(6-11(8)13(15)16)20(17,18)7-10-3-4-14-19-10/h3-6H,7H2,1-2H3,(H,15,16). The van der Waals surface area contributed by atoms with Crippen molar-refractivity contribution in [3.63, 3.8) is 0 Å². The fourth-order valence-electron chi connectivity index (χ4n) is 1.98. The largest absolute Gasteiger partial charge is 0.478 e. The van der Waals surface area contributed by atoms with Crippen molar-refractivity contribution in [2.24, 2.45) is 0 Å². The number of carboxylic acids is 1. The number of rotatable bonds is 4. The van der Waals surface area contributed by atoms with Crippen molar-refractivity contribution < 1.29 is 22.8 Å². The highest BCUT2D eigenvalue weighted by Gasteiger charge is 2.22. The maximum atomic E-state index is 12.3. The monoisotopic (exact) mass is 295 g/mol. The van der Waals surface area contributed by atoms with E-state index < -0.39 is 15.8 Å². The Kier molecular flexibility index (Phi) is 3.63. The van der Waals surface area contributed by atoms with Gasteiger partial charge in [-0.3, -0.25) is 0 Å². The van der Waals surface area contributed by atoms with Crippen molar-refractivity contribution in [3.8, 4) is 0 Å². The minimum absolute atomic E-state index is 0.00287. The van der Waals surface area contributed by atoms with Crippen LogP contribution in [0, 0.1) is 13.8 Å². The van der Waals surface area contributed by atoms with Crippen LogP contribution in [0.1, 0.15) is 27.2 Å². The molecule has 0 aliphatic heterocycles. The molecule has 1 aromatic carbocycles. The van der Waals surface area contributed by atoms with Gasteiger partial charge in [0.25, 0.3) is 0 Å². The second-order valence-corrected chi connectivity index (χ2v) is 6.43. The van der Waals surface area contributed by atoms with Crippen molar-refractivity contribution in [3.05, 3.63) is 46.8 Å². The van der Waals surface area contributed by atoms with Crippen LogP contribution in [0.25, 0.3) is 0 Å². The summed E-state index contributed by atoms with van der Waals surface area (Å²) in [6.45, 7) is 3.26. The Labute approximate surface area is 115 Å². The summed E-state index contributed by atoms with van der Waals surface area (Å²) in [5.41, 5.74) is 1.01. The van der Waals surface area contributed by atoms with Gasteiger partial charge in [0.1, 0.15) is 5.75 Å². The molecule has 106 valence electrons. The van der Waals surface area contributed by atoms with E-state index in [1.54, 1.807) is 19.9 Å². The second-order valence-electron chi connectivity index (χ2n) is 4.48. The normalized spacial score (nSPS) is 11.5. The zero-order chi connectivity index (χ0) is 14.9. The first-order valence-corrected chi connectivity index (χ1v) is 7.43. The molecule has 2 aromatic rings. The van der Waals surface area contributed by atoms with Crippen LogP contribution in [0.5, 0.6) is 0 Å². The number of hydrogen-bond donors (Lipinski definition) is 1. The molecular formula is C13H13NO5S. The average molecular weight is 295 g/mol. The van der Waals surface area contributed by atoms with Crippen LogP contribution < -0.4 is 0 Å². The minimum atomic E-state index is -3.68. The molecule has 0 saturated heterocycles. The fraction of sp³-hybridized carbons (Fsp3) is 0.231. The van der Waals surface area contributed by atoms with Crippen LogP contribution >= 0.6 is 0 Å². The number of benzene rings is 1. The molecule has 0 atom stereocenters. The van der Waals surface area contributed by atoms with Gasteiger partial charge >= 0.3 is 5.97 Å². The first-order valence-electron chi connectivity index (χ1n) is 5.78. The summed E-state index contributed by atoms with van der Waals surface area (Å²) in [7, 11) is -3.68. The Balaban J connectivity index is 2.51. The van der Waals surface area contributed by atoms with Gasteiger partial charge in [0, 0.05) is 6.07 Å². The highest BCUT2D eigenvalue weighted by molar-refractivity contribution is 7.90. The van der Waals surface area contributed by atoms with E-state index in [1.165, 1.54) is 18.3 Å². The third-order valence-electron chi connectivity index (χ3n) is 2.91. The zero-order valence-corrected chi connectivity index (χ0v) is 11.8. The lowest BCUT2D eigenvalue weighted by molar-refractivity contribution is 0.0696. The van der Waals surface area contributed by atoms with Gasteiger partial charge in [0.2, 0.25) is 0 Å². The molecule has 2 rings (SSSR count). The Morgan fingerprint density at radius 2 is 2.00 bits per heavy atom. The smallest absolute Gasteiger partial charge is 0.335 e. The van der Waals surface area contributed by atoms with E-state index in [9.17, 15) is 13.2 Å². The number of aryl methyl sites for hydroxylation is 2. The van der Waals surface area contributed by atoms with Crippen molar-refractivity contribution in [1.29, 1.82) is 0 Å². The molecule has 1 heterocycles. The molecule has 1 aromatic heterocycles. The van der Waals surface area contributed by atoms with Gasteiger partial charge in [-0.25, -0.2) is 13.2 Å². The highest BCUT2D eigenvalue weighted by atomic mass is 32.2. The summed E-state index contributed by atoms with van der Waals surface area (Å²) in [6.07, 6.45) is 1.36. The summed E-state index contributed by atoms with van der Waals surface area (Å²) in [5.74, 6) is -1.30. The van der Waals surface area contributed by atoms with Gasteiger partial charge in [0.05, 0.1) is 16.7 Å². The lowest BCUT2D eigenvalue weighted by atomic mass is 10.1. The van der Waals surface area contributed by atoms with Crippen molar-refractivity contribution in [2.45, 2.75) is 24.5 Å². The van der Waals surface area contributed by atoms with Crippen molar-refractivity contribution in [2.75, 3.05) is 0 Å². The first kappa shape index (κ1) is 14.3. The molecule has 0 fully saturated rings. The molecular weight excluding hydrogens is 282 g/mol. The van der Waals surface area contributed by atoms with E-state index in [2.05, 4.69) is 5.16 Å². The minimum Gasteiger partial charge on any atom is -0.478 e. The summed E-state index contributed by atoms with van der Waals surface area (Å²) in [6, 6.07) is 4.20. The molecule has 0 aliphatic carbocycles. The number of aromatic carboxylic acids is 1. The quantitative estimate of drug-likeness (QED) is 0.926. The highest BCUT2D eigenvalue weighted by Crippen LogP contribution is 2.24. The first-order chi connectivity index (χ1) is 9.31. The van der Waals surface area contributed by atoms with Crippen LogP contribution in [-0.4, -0.2) is 24.7 Å². The van der Waals surface area contributed by atoms with Gasteiger partial charge in [-0.1, -0.05) is 11.2 Å². The Morgan fingerprint density at radius 1 is 1.30 bits per heavy atom. The number of nitrogens with zero attached hydrogens (tertiary/aromatic N) is 1. The SMILES string of the molecule is Cc1cc(C)c(S(=O)(=O)Cc2ccno2)cc1C(=O)O. The molecule has 20 heavy (non-hydrogen) atoms. The molecule has 1 N–H and O–H groups in total. The lowest BCUT2D eigenvalue weighted by Crippen LogP contribution is -2.10. The molecule has 0 bridgehead atoms. The summed E-state index contributed by atoms with van der Waals surface area (Å²) in [5, 5.41) is 12.5. The number of hydrogen-bond acceptors (Lipinski definition) is 5. The van der Waals surface area contributed by atoms with E-state index in [4.69, 9.17) is 9.63 Å². The number of carbonyl (C=O) groups is 1. The van der Waals surface area contributed by atoms with E-state index >= 15 is 0 Å². The Bertz CT molecular complexity index is 747. The van der Waals surface area contributed by atoms with Crippen LogP contribution in [0.3, 0.4) is 0 Å². The third kappa shape index (κ3) is 2.72. The van der Waals surface area contributed by atoms with E-state index in [0.29, 0.717) is 11.1 Å². The van der Waals surface area contributed by atoms with E-state index in [1.807, 2.05) is 0 Å². The second kappa shape index (κ2) is 5.09. The molecule has 0 unspecified atom stereocenters. The van der Waals surface area contributed by atoms with Crippen molar-refractivity contribution in [1.82, 2.24) is 5.16 Å². The predicted molar refractivity (Wildman–Crippen MR) is 70.3 cm³/mol.